The van der Waals surface area contributed by atoms with Crippen LogP contribution in [0.5, 0.6) is 0 Å². The molecule has 4 rings (SSSR count). The van der Waals surface area contributed by atoms with Crippen molar-refractivity contribution in [2.24, 2.45) is 0 Å². The summed E-state index contributed by atoms with van der Waals surface area (Å²) in [6.45, 7) is 4.05. The highest BCUT2D eigenvalue weighted by Crippen LogP contribution is 2.44. The van der Waals surface area contributed by atoms with E-state index in [9.17, 15) is 38.4 Å². The van der Waals surface area contributed by atoms with E-state index >= 15 is 0 Å². The van der Waals surface area contributed by atoms with Crippen molar-refractivity contribution in [3.8, 4) is 11.1 Å². The van der Waals surface area contributed by atoms with Gasteiger partial charge >= 0.3 is 30.0 Å². The van der Waals surface area contributed by atoms with Crippen molar-refractivity contribution in [2.45, 2.75) is 83.3 Å². The number of aliphatic carboxylic acids is 1. The predicted molar refractivity (Wildman–Crippen MR) is 182 cm³/mol. The number of ether oxygens (including phenoxy) is 6. The first-order valence-electron chi connectivity index (χ1n) is 16.8. The fourth-order valence-corrected chi connectivity index (χ4v) is 6.21. The Balaban J connectivity index is 1.61. The minimum atomic E-state index is -1.81. The van der Waals surface area contributed by atoms with Crippen LogP contribution in [-0.4, -0.2) is 115 Å². The lowest BCUT2D eigenvalue weighted by molar-refractivity contribution is -0.287. The zero-order valence-corrected chi connectivity index (χ0v) is 30.0. The van der Waals surface area contributed by atoms with Crippen LogP contribution in [0.2, 0.25) is 0 Å². The van der Waals surface area contributed by atoms with Crippen LogP contribution in [0.25, 0.3) is 11.1 Å². The molecule has 1 aliphatic heterocycles. The van der Waals surface area contributed by atoms with Crippen molar-refractivity contribution in [3.63, 3.8) is 0 Å². The summed E-state index contributed by atoms with van der Waals surface area (Å²) in [5.74, 6) is -7.67. The number of alkyl carbamates (subject to hydrolysis) is 1. The van der Waals surface area contributed by atoms with Gasteiger partial charge in [-0.2, -0.15) is 0 Å². The number of amides is 3. The third kappa shape index (κ3) is 10.4. The van der Waals surface area contributed by atoms with E-state index in [4.69, 9.17) is 33.5 Å². The van der Waals surface area contributed by atoms with Crippen LogP contribution >= 0.6 is 0 Å². The summed E-state index contributed by atoms with van der Waals surface area (Å²) in [6.07, 6.45) is -8.42. The quantitative estimate of drug-likeness (QED) is 0.111. The van der Waals surface area contributed by atoms with E-state index in [0.29, 0.717) is 0 Å². The van der Waals surface area contributed by atoms with E-state index in [1.807, 2.05) is 48.5 Å². The lowest BCUT2D eigenvalue weighted by Crippen LogP contribution is -2.67. The van der Waals surface area contributed by atoms with Crippen molar-refractivity contribution in [3.05, 3.63) is 59.7 Å². The fraction of sp³-hybridized carbons (Fsp3) is 0.444. The highest BCUT2D eigenvalue weighted by atomic mass is 16.7. The van der Waals surface area contributed by atoms with Crippen LogP contribution < -0.4 is 16.0 Å². The fourth-order valence-electron chi connectivity index (χ4n) is 6.21. The van der Waals surface area contributed by atoms with Gasteiger partial charge in [-0.3, -0.25) is 28.8 Å². The molecule has 0 saturated carbocycles. The third-order valence-electron chi connectivity index (χ3n) is 8.45. The molecule has 4 N–H and O–H groups in total. The van der Waals surface area contributed by atoms with Gasteiger partial charge in [-0.25, -0.2) is 9.59 Å². The van der Waals surface area contributed by atoms with Crippen molar-refractivity contribution in [1.29, 1.82) is 0 Å². The van der Waals surface area contributed by atoms with Gasteiger partial charge in [0.1, 0.15) is 31.4 Å². The summed E-state index contributed by atoms with van der Waals surface area (Å²) in [5.41, 5.74) is 3.78. The van der Waals surface area contributed by atoms with E-state index in [2.05, 4.69) is 16.0 Å². The average molecular weight is 756 g/mol. The maximum Gasteiger partial charge on any atom is 0.407 e. The van der Waals surface area contributed by atoms with Gasteiger partial charge in [0.15, 0.2) is 18.5 Å². The number of rotatable bonds is 15. The molecule has 1 saturated heterocycles. The molecule has 18 nitrogen and oxygen atoms in total. The largest absolute Gasteiger partial charge is 0.475 e. The summed E-state index contributed by atoms with van der Waals surface area (Å²) in [5, 5.41) is 16.1. The molecule has 1 aliphatic carbocycles. The van der Waals surface area contributed by atoms with Crippen molar-refractivity contribution in [1.82, 2.24) is 16.0 Å². The minimum absolute atomic E-state index is 0.142. The number of ketones is 1. The summed E-state index contributed by atoms with van der Waals surface area (Å²) in [6, 6.07) is 12.1. The highest BCUT2D eigenvalue weighted by molar-refractivity contribution is 6.33. The van der Waals surface area contributed by atoms with E-state index in [-0.39, 0.29) is 12.5 Å². The maximum atomic E-state index is 13.5. The number of carboxylic acids is 1. The lowest BCUT2D eigenvalue weighted by Gasteiger charge is -2.45. The Morgan fingerprint density at radius 1 is 0.778 bits per heavy atom. The first-order chi connectivity index (χ1) is 25.6. The zero-order chi connectivity index (χ0) is 39.7. The number of Topliss-reactive ketones (excluding diaryl/α,β-unsaturated/α-hetero) is 1. The molecule has 1 fully saturated rings. The van der Waals surface area contributed by atoms with Crippen LogP contribution in [0, 0.1) is 0 Å². The second kappa shape index (κ2) is 18.2. The predicted octanol–water partition coefficient (Wildman–Crippen LogP) is 0.725. The van der Waals surface area contributed by atoms with Crippen LogP contribution in [0.1, 0.15) is 51.7 Å². The highest BCUT2D eigenvalue weighted by Gasteiger charge is 2.52. The number of carbonyl (C=O) groups excluding carboxylic acids is 7. The normalized spacial score (nSPS) is 21.2. The molecule has 0 bridgehead atoms. The van der Waals surface area contributed by atoms with E-state index in [1.165, 1.54) is 6.92 Å². The number of hydrogen-bond donors (Lipinski definition) is 4. The second-order valence-corrected chi connectivity index (χ2v) is 12.5. The molecule has 0 aromatic heterocycles. The molecule has 2 aromatic carbocycles. The number of carbonyl (C=O) groups is 8. The van der Waals surface area contributed by atoms with Gasteiger partial charge in [0, 0.05) is 33.6 Å². The first kappa shape index (κ1) is 40.9. The molecule has 18 heteroatoms. The monoisotopic (exact) mass is 755 g/mol. The summed E-state index contributed by atoms with van der Waals surface area (Å²) in [7, 11) is 0. The van der Waals surface area contributed by atoms with Gasteiger partial charge in [-0.05, 0) is 29.2 Å². The van der Waals surface area contributed by atoms with Gasteiger partial charge in [-0.1, -0.05) is 48.5 Å². The number of nitrogens with one attached hydrogen (secondary N) is 3. The first-order valence-corrected chi connectivity index (χ1v) is 16.8. The standard InChI is InChI=1S/C36H41N3O15/c1-17(51-35-30(38-18(2)40)32(53-21(5)43)31(52-20(4)42)28(54-35)16-49-19(3)41)29(33(45)37-14-27(44)34(46)47)39-36(48)50-15-26-24-12-8-6-10-22(24)23-11-7-9-13-25(23)26/h6-13,17,26,28-32,35H,14-16H2,1-5H3,(H,37,45)(H,38,40)(H,39,48)(H,46,47)/t17-,28+,29-,30+,31-,32+,35-/m0/s1. The molecule has 2 aromatic rings. The van der Waals surface area contributed by atoms with Crippen LogP contribution in [-0.2, 0) is 62.0 Å². The molecule has 3 amide bonds. The summed E-state index contributed by atoms with van der Waals surface area (Å²) in [4.78, 5) is 98.1. The van der Waals surface area contributed by atoms with Crippen LogP contribution in [0.3, 0.4) is 0 Å². The molecule has 290 valence electrons. The minimum Gasteiger partial charge on any atom is -0.475 e. The number of esters is 3. The van der Waals surface area contributed by atoms with Crippen molar-refractivity contribution >= 4 is 47.6 Å². The SMILES string of the molecule is CC(=O)N[C@H]1[C@@H](O[C@@H](C)[C@H](NC(=O)OCC2c3ccccc3-c3ccccc32)C(=O)NCC(=O)C(=O)O)O[C@H](COC(C)=O)[C@H](OC(C)=O)[C@@H]1OC(C)=O. The number of fused-ring (bicyclic) bond motifs is 3. The molecule has 0 unspecified atom stereocenters. The van der Waals surface area contributed by atoms with Crippen LogP contribution in [0.15, 0.2) is 48.5 Å². The molecule has 2 aliphatic rings. The number of hydrogen-bond acceptors (Lipinski definition) is 14. The Kier molecular flexibility index (Phi) is 13.8. The molecular formula is C36H41N3O15. The number of carboxylic acid groups (broad SMARTS) is 1. The Bertz CT molecular complexity index is 1740. The van der Waals surface area contributed by atoms with Gasteiger partial charge in [-0.15, -0.1) is 0 Å². The molecule has 1 heterocycles. The number of benzene rings is 2. The van der Waals surface area contributed by atoms with Gasteiger partial charge in [0.05, 0.1) is 12.6 Å². The molecule has 54 heavy (non-hydrogen) atoms. The Labute approximate surface area is 309 Å². The van der Waals surface area contributed by atoms with E-state index in [0.717, 1.165) is 49.9 Å². The molecule has 0 spiro atoms. The van der Waals surface area contributed by atoms with Gasteiger partial charge in [0.25, 0.3) is 5.78 Å². The second-order valence-electron chi connectivity index (χ2n) is 12.5. The van der Waals surface area contributed by atoms with Crippen LogP contribution in [0.4, 0.5) is 4.79 Å². The Morgan fingerprint density at radius 2 is 1.35 bits per heavy atom. The van der Waals surface area contributed by atoms with E-state index < -0.39 is 104 Å². The topological polar surface area (TPSA) is 248 Å². The zero-order valence-electron chi connectivity index (χ0n) is 30.0. The molecule has 7 atom stereocenters. The third-order valence-corrected chi connectivity index (χ3v) is 8.45. The Hall–Kier alpha value is -5.88. The van der Waals surface area contributed by atoms with Gasteiger partial charge < -0.3 is 49.5 Å². The summed E-state index contributed by atoms with van der Waals surface area (Å²) < 4.78 is 33.6. The smallest absolute Gasteiger partial charge is 0.407 e. The van der Waals surface area contributed by atoms with Gasteiger partial charge in [0.2, 0.25) is 11.8 Å². The lowest BCUT2D eigenvalue weighted by atomic mass is 9.95. The molecule has 0 radical (unpaired) electrons. The van der Waals surface area contributed by atoms with Crippen molar-refractivity contribution < 1.29 is 71.9 Å². The average Bonchev–Trinajstić information content (AvgIpc) is 3.42. The van der Waals surface area contributed by atoms with Crippen molar-refractivity contribution in [2.75, 3.05) is 19.8 Å². The van der Waals surface area contributed by atoms with E-state index in [1.54, 1.807) is 0 Å². The summed E-state index contributed by atoms with van der Waals surface area (Å²) >= 11 is 0. The maximum absolute atomic E-state index is 13.5. The molecular weight excluding hydrogens is 714 g/mol. The Morgan fingerprint density at radius 3 is 1.89 bits per heavy atom.